The van der Waals surface area contributed by atoms with Crippen molar-refractivity contribution in [3.63, 3.8) is 0 Å². The lowest BCUT2D eigenvalue weighted by atomic mass is 9.80. The number of carbonyl (C=O) groups is 1. The van der Waals surface area contributed by atoms with Gasteiger partial charge in [-0.25, -0.2) is 14.8 Å². The first-order valence-corrected chi connectivity index (χ1v) is 8.02. The predicted octanol–water partition coefficient (Wildman–Crippen LogP) is 2.50. The molecule has 2 heterocycles. The minimum Gasteiger partial charge on any atom is -0.476 e. The Morgan fingerprint density at radius 2 is 2.05 bits per heavy atom. The second-order valence-corrected chi connectivity index (χ2v) is 6.21. The van der Waals surface area contributed by atoms with Crippen LogP contribution >= 0.6 is 0 Å². The molecule has 0 radical (unpaired) electrons. The largest absolute Gasteiger partial charge is 0.476 e. The van der Waals surface area contributed by atoms with Crippen LogP contribution in [0.15, 0.2) is 0 Å². The molecule has 0 bridgehead atoms. The van der Waals surface area contributed by atoms with E-state index in [-0.39, 0.29) is 5.69 Å². The summed E-state index contributed by atoms with van der Waals surface area (Å²) in [5, 5.41) is 12.6. The van der Waals surface area contributed by atoms with Crippen LogP contribution in [0.1, 0.15) is 72.5 Å². The van der Waals surface area contributed by atoms with Crippen molar-refractivity contribution in [2.24, 2.45) is 5.92 Å². The van der Waals surface area contributed by atoms with E-state index in [1.807, 2.05) is 0 Å². The van der Waals surface area contributed by atoms with Crippen molar-refractivity contribution >= 4 is 5.97 Å². The molecule has 2 aliphatic rings. The number of carboxylic acid groups (broad SMARTS) is 1. The number of hydrogen-bond acceptors (Lipinski definition) is 4. The van der Waals surface area contributed by atoms with Gasteiger partial charge >= 0.3 is 5.97 Å². The molecule has 5 heteroatoms. The number of hydrogen-bond donors (Lipinski definition) is 2. The van der Waals surface area contributed by atoms with Gasteiger partial charge in [-0.3, -0.25) is 0 Å². The predicted molar refractivity (Wildman–Crippen MR) is 79.4 cm³/mol. The number of fused-ring (bicyclic) bond motifs is 1. The van der Waals surface area contributed by atoms with Crippen LogP contribution in [0.4, 0.5) is 0 Å². The second-order valence-electron chi connectivity index (χ2n) is 6.21. The average molecular weight is 289 g/mol. The number of nitrogens with zero attached hydrogens (tertiary/aromatic N) is 2. The van der Waals surface area contributed by atoms with E-state index in [1.165, 1.54) is 19.3 Å². The Hall–Kier alpha value is -1.49. The van der Waals surface area contributed by atoms with Crippen molar-refractivity contribution in [2.45, 2.75) is 57.9 Å². The molecule has 1 fully saturated rings. The van der Waals surface area contributed by atoms with E-state index in [2.05, 4.69) is 17.2 Å². The Labute approximate surface area is 125 Å². The van der Waals surface area contributed by atoms with Gasteiger partial charge in [0, 0.05) is 31.0 Å². The summed E-state index contributed by atoms with van der Waals surface area (Å²) >= 11 is 0. The van der Waals surface area contributed by atoms with Crippen LogP contribution in [0.25, 0.3) is 0 Å². The van der Waals surface area contributed by atoms with Crippen LogP contribution in [0, 0.1) is 5.92 Å². The molecule has 114 valence electrons. The molecule has 1 aromatic rings. The normalized spacial score (nSPS) is 25.4. The van der Waals surface area contributed by atoms with Gasteiger partial charge in [-0.15, -0.1) is 0 Å². The standard InChI is InChI=1S/C16H23N3O2/c1-2-10-3-5-11(6-4-10)15-18-13-7-8-17-9-12(13)14(19-15)16(20)21/h10-11,17H,2-9H2,1H3,(H,20,21). The van der Waals surface area contributed by atoms with E-state index in [1.54, 1.807) is 0 Å². The maximum atomic E-state index is 11.5. The van der Waals surface area contributed by atoms with Crippen LogP contribution < -0.4 is 5.32 Å². The van der Waals surface area contributed by atoms with Crippen molar-refractivity contribution in [3.8, 4) is 0 Å². The van der Waals surface area contributed by atoms with Gasteiger partial charge in [0.05, 0.1) is 5.69 Å². The van der Waals surface area contributed by atoms with Gasteiger partial charge in [0.2, 0.25) is 0 Å². The summed E-state index contributed by atoms with van der Waals surface area (Å²) in [6, 6.07) is 0. The Bertz CT molecular complexity index is 537. The SMILES string of the molecule is CCC1CCC(c2nc3c(c(C(=O)O)n2)CNCC3)CC1. The van der Waals surface area contributed by atoms with Gasteiger partial charge in [-0.1, -0.05) is 13.3 Å². The highest BCUT2D eigenvalue weighted by atomic mass is 16.4. The summed E-state index contributed by atoms with van der Waals surface area (Å²) in [4.78, 5) is 20.6. The lowest BCUT2D eigenvalue weighted by molar-refractivity contribution is 0.0687. The molecular formula is C16H23N3O2. The fraction of sp³-hybridized carbons (Fsp3) is 0.688. The maximum Gasteiger partial charge on any atom is 0.354 e. The van der Waals surface area contributed by atoms with Crippen LogP contribution in [0.2, 0.25) is 0 Å². The second kappa shape index (κ2) is 6.10. The maximum absolute atomic E-state index is 11.5. The lowest BCUT2D eigenvalue weighted by Crippen LogP contribution is -2.29. The highest BCUT2D eigenvalue weighted by Crippen LogP contribution is 2.36. The molecule has 0 spiro atoms. The van der Waals surface area contributed by atoms with Crippen molar-refractivity contribution in [2.75, 3.05) is 6.54 Å². The monoisotopic (exact) mass is 289 g/mol. The summed E-state index contributed by atoms with van der Waals surface area (Å²) in [6.45, 7) is 3.68. The third-order valence-electron chi connectivity index (χ3n) is 4.94. The number of aromatic carboxylic acids is 1. The molecule has 2 N–H and O–H groups in total. The van der Waals surface area contributed by atoms with Crippen molar-refractivity contribution in [1.29, 1.82) is 0 Å². The molecule has 0 aromatic carbocycles. The molecule has 1 aromatic heterocycles. The molecule has 1 aliphatic carbocycles. The number of nitrogens with one attached hydrogen (secondary N) is 1. The number of aromatic nitrogens is 2. The highest BCUT2D eigenvalue weighted by Gasteiger charge is 2.27. The Kier molecular flexibility index (Phi) is 4.19. The van der Waals surface area contributed by atoms with Crippen LogP contribution in [0.3, 0.4) is 0 Å². The van der Waals surface area contributed by atoms with E-state index in [4.69, 9.17) is 4.98 Å². The molecule has 1 saturated carbocycles. The van der Waals surface area contributed by atoms with E-state index in [0.29, 0.717) is 12.5 Å². The number of rotatable bonds is 3. The fourth-order valence-corrected chi connectivity index (χ4v) is 3.55. The smallest absolute Gasteiger partial charge is 0.354 e. The van der Waals surface area contributed by atoms with Gasteiger partial charge in [-0.05, 0) is 31.6 Å². The third-order valence-corrected chi connectivity index (χ3v) is 4.94. The Morgan fingerprint density at radius 3 is 2.71 bits per heavy atom. The minimum absolute atomic E-state index is 0.208. The average Bonchev–Trinajstić information content (AvgIpc) is 2.53. The summed E-state index contributed by atoms with van der Waals surface area (Å²) in [6.07, 6.45) is 6.65. The van der Waals surface area contributed by atoms with E-state index < -0.39 is 5.97 Å². The quantitative estimate of drug-likeness (QED) is 0.894. The molecule has 3 rings (SSSR count). The first-order chi connectivity index (χ1) is 10.2. The van der Waals surface area contributed by atoms with Gasteiger partial charge in [0.15, 0.2) is 5.69 Å². The summed E-state index contributed by atoms with van der Waals surface area (Å²) in [5.41, 5.74) is 1.92. The number of carboxylic acids is 1. The van der Waals surface area contributed by atoms with Crippen LogP contribution in [0.5, 0.6) is 0 Å². The van der Waals surface area contributed by atoms with Gasteiger partial charge in [0.25, 0.3) is 0 Å². The molecule has 1 aliphatic heterocycles. The summed E-state index contributed by atoms with van der Waals surface area (Å²) < 4.78 is 0. The molecule has 0 unspecified atom stereocenters. The van der Waals surface area contributed by atoms with E-state index in [9.17, 15) is 9.90 Å². The van der Waals surface area contributed by atoms with Gasteiger partial charge in [-0.2, -0.15) is 0 Å². The Morgan fingerprint density at radius 1 is 1.29 bits per heavy atom. The van der Waals surface area contributed by atoms with E-state index >= 15 is 0 Å². The van der Waals surface area contributed by atoms with Crippen LogP contribution in [-0.4, -0.2) is 27.6 Å². The van der Waals surface area contributed by atoms with E-state index in [0.717, 1.165) is 48.8 Å². The molecule has 21 heavy (non-hydrogen) atoms. The van der Waals surface area contributed by atoms with Gasteiger partial charge < -0.3 is 10.4 Å². The highest BCUT2D eigenvalue weighted by molar-refractivity contribution is 5.87. The van der Waals surface area contributed by atoms with Crippen molar-refractivity contribution in [3.05, 3.63) is 22.8 Å². The van der Waals surface area contributed by atoms with Crippen LogP contribution in [-0.2, 0) is 13.0 Å². The molecular weight excluding hydrogens is 266 g/mol. The molecule has 0 atom stereocenters. The zero-order valence-electron chi connectivity index (χ0n) is 12.6. The first-order valence-electron chi connectivity index (χ1n) is 8.02. The third kappa shape index (κ3) is 2.93. The lowest BCUT2D eigenvalue weighted by Gasteiger charge is -2.28. The molecule has 5 nitrogen and oxygen atoms in total. The Balaban J connectivity index is 1.89. The zero-order valence-corrected chi connectivity index (χ0v) is 12.6. The molecule has 0 saturated heterocycles. The van der Waals surface area contributed by atoms with Crippen molar-refractivity contribution < 1.29 is 9.90 Å². The van der Waals surface area contributed by atoms with Gasteiger partial charge in [0.1, 0.15) is 5.82 Å². The summed E-state index contributed by atoms with van der Waals surface area (Å²) in [5.74, 6) is 0.997. The summed E-state index contributed by atoms with van der Waals surface area (Å²) in [7, 11) is 0. The topological polar surface area (TPSA) is 75.1 Å². The van der Waals surface area contributed by atoms with Crippen molar-refractivity contribution in [1.82, 2.24) is 15.3 Å². The zero-order chi connectivity index (χ0) is 14.8. The fourth-order valence-electron chi connectivity index (χ4n) is 3.55. The first kappa shape index (κ1) is 14.4. The molecule has 0 amide bonds. The minimum atomic E-state index is -0.930.